The predicted octanol–water partition coefficient (Wildman–Crippen LogP) is 4.44. The van der Waals surface area contributed by atoms with Gasteiger partial charge >= 0.3 is 11.9 Å². The van der Waals surface area contributed by atoms with Gasteiger partial charge in [0.1, 0.15) is 22.9 Å². The molecule has 0 saturated heterocycles. The first-order valence-electron chi connectivity index (χ1n) is 9.14. The van der Waals surface area contributed by atoms with Crippen LogP contribution in [0.3, 0.4) is 0 Å². The maximum absolute atomic E-state index is 12.2. The van der Waals surface area contributed by atoms with Gasteiger partial charge in [0.25, 0.3) is 0 Å². The molecule has 0 amide bonds. The zero-order valence-electron chi connectivity index (χ0n) is 15.8. The van der Waals surface area contributed by atoms with Crippen LogP contribution in [0.5, 0.6) is 11.5 Å². The van der Waals surface area contributed by atoms with Crippen LogP contribution in [-0.4, -0.2) is 30.6 Å². The molecule has 6 nitrogen and oxygen atoms in total. The van der Waals surface area contributed by atoms with Crippen LogP contribution in [-0.2, 0) is 4.74 Å². The summed E-state index contributed by atoms with van der Waals surface area (Å²) in [5.74, 6) is -0.150. The Morgan fingerprint density at radius 2 is 1.48 bits per heavy atom. The fourth-order valence-corrected chi connectivity index (χ4v) is 2.43. The molecule has 0 fully saturated rings. The number of ether oxygens (including phenoxy) is 3. The second kappa shape index (κ2) is 11.0. The average Bonchev–Trinajstić information content (AvgIpc) is 2.71. The van der Waals surface area contributed by atoms with Crippen molar-refractivity contribution < 1.29 is 23.8 Å². The van der Waals surface area contributed by atoms with E-state index in [1.54, 1.807) is 30.3 Å². The topological polar surface area (TPSA) is 74.7 Å². The fourth-order valence-electron chi connectivity index (χ4n) is 2.43. The van der Waals surface area contributed by atoms with Gasteiger partial charge in [0, 0.05) is 0 Å². The number of hydrogen-bond donors (Lipinski definition) is 0. The molecule has 27 heavy (non-hydrogen) atoms. The molecule has 0 saturated carbocycles. The predicted molar refractivity (Wildman–Crippen MR) is 101 cm³/mol. The fraction of sp³-hybridized carbons (Fsp3) is 0.381. The number of pyridine rings is 1. The molecule has 2 aromatic rings. The van der Waals surface area contributed by atoms with E-state index in [4.69, 9.17) is 9.47 Å². The Morgan fingerprint density at radius 1 is 0.852 bits per heavy atom. The molecule has 1 heterocycles. The van der Waals surface area contributed by atoms with Crippen LogP contribution in [0.4, 0.5) is 0 Å². The van der Waals surface area contributed by atoms with Crippen molar-refractivity contribution in [2.45, 2.75) is 39.0 Å². The maximum Gasteiger partial charge on any atom is 0.362 e. The van der Waals surface area contributed by atoms with Gasteiger partial charge in [-0.2, -0.15) is 0 Å². The molecule has 0 aliphatic heterocycles. The van der Waals surface area contributed by atoms with Gasteiger partial charge in [-0.05, 0) is 42.8 Å². The minimum absolute atomic E-state index is 0.0327. The van der Waals surface area contributed by atoms with E-state index >= 15 is 0 Å². The monoisotopic (exact) mass is 371 g/mol. The lowest BCUT2D eigenvalue weighted by Gasteiger charge is -2.08. The van der Waals surface area contributed by atoms with E-state index in [1.165, 1.54) is 44.9 Å². The number of unbranched alkanes of at least 4 members (excludes halogenated alkanes) is 4. The molecule has 0 bridgehead atoms. The molecule has 0 N–H and O–H groups in total. The van der Waals surface area contributed by atoms with Crippen LogP contribution in [0.15, 0.2) is 42.5 Å². The summed E-state index contributed by atoms with van der Waals surface area (Å²) < 4.78 is 15.6. The normalized spacial score (nSPS) is 10.3. The summed E-state index contributed by atoms with van der Waals surface area (Å²) in [7, 11) is 1.25. The van der Waals surface area contributed by atoms with Gasteiger partial charge in [-0.3, -0.25) is 0 Å². The van der Waals surface area contributed by atoms with Crippen molar-refractivity contribution in [3.8, 4) is 11.5 Å². The molecule has 0 unspecified atom stereocenters. The molecular weight excluding hydrogens is 346 g/mol. The van der Waals surface area contributed by atoms with E-state index in [1.807, 2.05) is 0 Å². The highest BCUT2D eigenvalue weighted by Crippen LogP contribution is 2.19. The maximum atomic E-state index is 12.2. The zero-order chi connectivity index (χ0) is 19.5. The lowest BCUT2D eigenvalue weighted by atomic mass is 10.2. The van der Waals surface area contributed by atoms with Crippen molar-refractivity contribution in [1.82, 2.24) is 4.98 Å². The van der Waals surface area contributed by atoms with Crippen LogP contribution >= 0.6 is 0 Å². The Bertz CT molecular complexity index is 742. The molecule has 0 aliphatic carbocycles. The zero-order valence-corrected chi connectivity index (χ0v) is 15.8. The standard InChI is InChI=1S/C21H25NO5/c1-3-4-5-6-7-15-26-16-11-13-17(14-12-16)27-21(24)19-10-8-9-18(22-19)20(23)25-2/h8-14H,3-7,15H2,1-2H3. The summed E-state index contributed by atoms with van der Waals surface area (Å²) in [5.41, 5.74) is 0.0833. The third kappa shape index (κ3) is 6.73. The summed E-state index contributed by atoms with van der Waals surface area (Å²) in [6, 6.07) is 11.3. The molecule has 1 aromatic carbocycles. The Kier molecular flexibility index (Phi) is 8.29. The first kappa shape index (κ1) is 20.4. The van der Waals surface area contributed by atoms with E-state index in [2.05, 4.69) is 16.6 Å². The number of nitrogens with zero attached hydrogens (tertiary/aromatic N) is 1. The van der Waals surface area contributed by atoms with Gasteiger partial charge in [0.2, 0.25) is 0 Å². The van der Waals surface area contributed by atoms with Crippen LogP contribution in [0, 0.1) is 0 Å². The average molecular weight is 371 g/mol. The summed E-state index contributed by atoms with van der Waals surface area (Å²) in [5, 5.41) is 0. The molecule has 0 radical (unpaired) electrons. The first-order valence-corrected chi connectivity index (χ1v) is 9.14. The van der Waals surface area contributed by atoms with E-state index in [9.17, 15) is 9.59 Å². The Labute approximate surface area is 159 Å². The third-order valence-corrected chi connectivity index (χ3v) is 3.90. The smallest absolute Gasteiger partial charge is 0.362 e. The number of rotatable bonds is 10. The van der Waals surface area contributed by atoms with Crippen LogP contribution in [0.2, 0.25) is 0 Å². The van der Waals surface area contributed by atoms with Crippen molar-refractivity contribution in [2.75, 3.05) is 13.7 Å². The number of hydrogen-bond acceptors (Lipinski definition) is 6. The minimum atomic E-state index is -0.648. The SMILES string of the molecule is CCCCCCCOc1ccc(OC(=O)c2cccc(C(=O)OC)n2)cc1. The Hall–Kier alpha value is -2.89. The highest BCUT2D eigenvalue weighted by atomic mass is 16.5. The van der Waals surface area contributed by atoms with Crippen molar-refractivity contribution in [3.63, 3.8) is 0 Å². The van der Waals surface area contributed by atoms with E-state index in [0.717, 1.165) is 12.2 Å². The second-order valence-corrected chi connectivity index (χ2v) is 6.02. The molecule has 0 atom stereocenters. The van der Waals surface area contributed by atoms with E-state index < -0.39 is 11.9 Å². The summed E-state index contributed by atoms with van der Waals surface area (Å²) in [6.45, 7) is 2.86. The lowest BCUT2D eigenvalue weighted by molar-refractivity contribution is 0.0593. The number of carbonyl (C=O) groups is 2. The highest BCUT2D eigenvalue weighted by molar-refractivity contribution is 5.92. The summed E-state index contributed by atoms with van der Waals surface area (Å²) in [6.07, 6.45) is 5.92. The van der Waals surface area contributed by atoms with E-state index in [0.29, 0.717) is 12.4 Å². The molecule has 144 valence electrons. The van der Waals surface area contributed by atoms with E-state index in [-0.39, 0.29) is 11.4 Å². The van der Waals surface area contributed by atoms with Gasteiger partial charge in [-0.1, -0.05) is 38.7 Å². The second-order valence-electron chi connectivity index (χ2n) is 6.02. The Balaban J connectivity index is 1.85. The first-order chi connectivity index (χ1) is 13.1. The Morgan fingerprint density at radius 3 is 2.15 bits per heavy atom. The van der Waals surface area contributed by atoms with Gasteiger partial charge in [-0.25, -0.2) is 14.6 Å². The number of methoxy groups -OCH3 is 1. The van der Waals surface area contributed by atoms with Gasteiger partial charge in [0.05, 0.1) is 13.7 Å². The molecule has 0 spiro atoms. The van der Waals surface area contributed by atoms with Crippen LogP contribution < -0.4 is 9.47 Å². The van der Waals surface area contributed by atoms with Gasteiger partial charge < -0.3 is 14.2 Å². The molecular formula is C21H25NO5. The number of aromatic nitrogens is 1. The number of carbonyl (C=O) groups excluding carboxylic acids is 2. The lowest BCUT2D eigenvalue weighted by Crippen LogP contribution is -2.13. The van der Waals surface area contributed by atoms with Crippen molar-refractivity contribution in [3.05, 3.63) is 53.9 Å². The summed E-state index contributed by atoms with van der Waals surface area (Å²) in [4.78, 5) is 27.6. The molecule has 0 aliphatic rings. The minimum Gasteiger partial charge on any atom is -0.494 e. The van der Waals surface area contributed by atoms with Crippen LogP contribution in [0.1, 0.15) is 60.0 Å². The third-order valence-electron chi connectivity index (χ3n) is 3.90. The van der Waals surface area contributed by atoms with Crippen molar-refractivity contribution in [2.24, 2.45) is 0 Å². The molecule has 2 rings (SSSR count). The van der Waals surface area contributed by atoms with Crippen LogP contribution in [0.25, 0.3) is 0 Å². The highest BCUT2D eigenvalue weighted by Gasteiger charge is 2.14. The van der Waals surface area contributed by atoms with Crippen molar-refractivity contribution >= 4 is 11.9 Å². The largest absolute Gasteiger partial charge is 0.494 e. The molecule has 1 aromatic heterocycles. The quantitative estimate of drug-likeness (QED) is 0.349. The number of esters is 2. The molecule has 6 heteroatoms. The summed E-state index contributed by atoms with van der Waals surface area (Å²) >= 11 is 0. The van der Waals surface area contributed by atoms with Gasteiger partial charge in [-0.15, -0.1) is 0 Å². The van der Waals surface area contributed by atoms with Crippen molar-refractivity contribution in [1.29, 1.82) is 0 Å². The van der Waals surface area contributed by atoms with Gasteiger partial charge in [0.15, 0.2) is 0 Å². The number of benzene rings is 1.